The van der Waals surface area contributed by atoms with Crippen molar-refractivity contribution in [3.05, 3.63) is 47.3 Å². The third kappa shape index (κ3) is 3.73. The highest BCUT2D eigenvalue weighted by molar-refractivity contribution is 5.92. The van der Waals surface area contributed by atoms with Crippen LogP contribution in [0.15, 0.2) is 30.5 Å². The number of nitrogens with one attached hydrogen (secondary N) is 2. The minimum Gasteiger partial charge on any atom is -0.347 e. The van der Waals surface area contributed by atoms with Crippen LogP contribution in [0.5, 0.6) is 0 Å². The second-order valence-electron chi connectivity index (χ2n) is 5.62. The Bertz CT molecular complexity index is 722. The monoisotopic (exact) mass is 339 g/mol. The fraction of sp³-hybridized carbons (Fsp3) is 0.400. The normalized spacial score (nSPS) is 17.9. The molecule has 0 radical (unpaired) electrons. The van der Waals surface area contributed by atoms with E-state index >= 15 is 0 Å². The second-order valence-corrected chi connectivity index (χ2v) is 5.62. The van der Waals surface area contributed by atoms with E-state index in [9.17, 15) is 18.0 Å². The van der Waals surface area contributed by atoms with Crippen LogP contribution >= 0.6 is 0 Å². The summed E-state index contributed by atoms with van der Waals surface area (Å²) in [5.41, 5.74) is -0.559. The van der Waals surface area contributed by atoms with E-state index in [1.807, 2.05) is 0 Å². The van der Waals surface area contributed by atoms with Crippen molar-refractivity contribution < 1.29 is 18.0 Å². The van der Waals surface area contributed by atoms with Crippen molar-refractivity contribution in [2.45, 2.75) is 25.2 Å². The zero-order chi connectivity index (χ0) is 17.2. The Balaban J connectivity index is 1.71. The molecule has 1 aliphatic rings. The quantitative estimate of drug-likeness (QED) is 0.884. The number of alkyl halides is 3. The average molecular weight is 339 g/mol. The van der Waals surface area contributed by atoms with Gasteiger partial charge in [0, 0.05) is 12.6 Å². The summed E-state index contributed by atoms with van der Waals surface area (Å²) < 4.78 is 40.2. The lowest BCUT2D eigenvalue weighted by molar-refractivity contribution is -0.138. The van der Waals surface area contributed by atoms with Crippen LogP contribution in [0.2, 0.25) is 0 Å². The van der Waals surface area contributed by atoms with Gasteiger partial charge in [-0.3, -0.25) is 4.79 Å². The number of aromatic nitrogens is 3. The summed E-state index contributed by atoms with van der Waals surface area (Å²) in [6, 6.07) is 5.31. The Morgan fingerprint density at radius 1 is 1.38 bits per heavy atom. The topological polar surface area (TPSA) is 71.8 Å². The van der Waals surface area contributed by atoms with Gasteiger partial charge in [0.25, 0.3) is 5.91 Å². The van der Waals surface area contributed by atoms with E-state index in [0.29, 0.717) is 6.54 Å². The zero-order valence-corrected chi connectivity index (χ0v) is 12.7. The fourth-order valence-electron chi connectivity index (χ4n) is 2.63. The maximum absolute atomic E-state index is 13.0. The summed E-state index contributed by atoms with van der Waals surface area (Å²) in [7, 11) is 0. The summed E-state index contributed by atoms with van der Waals surface area (Å²) in [5.74, 6) is -0.376. The maximum atomic E-state index is 13.0. The van der Waals surface area contributed by atoms with E-state index in [1.165, 1.54) is 29.1 Å². The first-order valence-corrected chi connectivity index (χ1v) is 7.50. The van der Waals surface area contributed by atoms with Crippen molar-refractivity contribution in [1.82, 2.24) is 25.6 Å². The van der Waals surface area contributed by atoms with E-state index in [2.05, 4.69) is 20.9 Å². The minimum atomic E-state index is -4.44. The maximum Gasteiger partial charge on any atom is 0.416 e. The van der Waals surface area contributed by atoms with E-state index in [0.717, 1.165) is 19.0 Å². The third-order valence-corrected chi connectivity index (χ3v) is 3.82. The molecule has 1 aromatic carbocycles. The van der Waals surface area contributed by atoms with Crippen LogP contribution in [0.3, 0.4) is 0 Å². The van der Waals surface area contributed by atoms with E-state index in [-0.39, 0.29) is 29.8 Å². The predicted octanol–water partition coefficient (Wildman–Crippen LogP) is 1.44. The number of amides is 1. The van der Waals surface area contributed by atoms with Gasteiger partial charge in [0.05, 0.1) is 18.3 Å². The molecule has 0 saturated carbocycles. The zero-order valence-electron chi connectivity index (χ0n) is 12.7. The van der Waals surface area contributed by atoms with Crippen molar-refractivity contribution in [3.63, 3.8) is 0 Å². The van der Waals surface area contributed by atoms with E-state index < -0.39 is 11.7 Å². The van der Waals surface area contributed by atoms with Crippen molar-refractivity contribution in [2.24, 2.45) is 0 Å². The minimum absolute atomic E-state index is 0.0357. The van der Waals surface area contributed by atoms with Crippen molar-refractivity contribution in [3.8, 4) is 0 Å². The van der Waals surface area contributed by atoms with Gasteiger partial charge in [-0.1, -0.05) is 23.4 Å². The molecule has 3 rings (SSSR count). The number of hydrogen-bond acceptors (Lipinski definition) is 4. The summed E-state index contributed by atoms with van der Waals surface area (Å²) >= 11 is 0. The first-order chi connectivity index (χ1) is 11.4. The van der Waals surface area contributed by atoms with Gasteiger partial charge in [0.15, 0.2) is 5.69 Å². The van der Waals surface area contributed by atoms with Gasteiger partial charge in [-0.25, -0.2) is 4.68 Å². The molecule has 1 saturated heterocycles. The Hall–Kier alpha value is -2.42. The number of hydrogen-bond donors (Lipinski definition) is 2. The number of carbonyl (C=O) groups is 1. The van der Waals surface area contributed by atoms with Crippen LogP contribution in [0, 0.1) is 0 Å². The number of carbonyl (C=O) groups excluding carboxylic acids is 1. The van der Waals surface area contributed by atoms with E-state index in [1.54, 1.807) is 0 Å². The Labute approximate surface area is 136 Å². The Kier molecular flexibility index (Phi) is 4.52. The van der Waals surface area contributed by atoms with Crippen LogP contribution in [0.4, 0.5) is 13.2 Å². The Morgan fingerprint density at radius 2 is 2.17 bits per heavy atom. The molecule has 0 bridgehead atoms. The van der Waals surface area contributed by atoms with Crippen LogP contribution in [0.1, 0.15) is 28.0 Å². The highest BCUT2D eigenvalue weighted by atomic mass is 19.4. The van der Waals surface area contributed by atoms with Gasteiger partial charge in [0.2, 0.25) is 0 Å². The molecule has 2 N–H and O–H groups in total. The lowest BCUT2D eigenvalue weighted by atomic mass is 10.1. The summed E-state index contributed by atoms with van der Waals surface area (Å²) in [4.78, 5) is 12.1. The van der Waals surface area contributed by atoms with Gasteiger partial charge < -0.3 is 10.6 Å². The standard InChI is InChI=1S/C15H16F3N5O/c16-15(17,18)12-4-2-1-3-10(12)8-23-9-13(21-22-23)14(24)20-11-5-6-19-7-11/h1-4,9,11,19H,5-8H2,(H,20,24)/t11-/m0/s1. The third-order valence-electron chi connectivity index (χ3n) is 3.82. The van der Waals surface area contributed by atoms with Crippen LogP contribution < -0.4 is 10.6 Å². The predicted molar refractivity (Wildman–Crippen MR) is 79.3 cm³/mol. The van der Waals surface area contributed by atoms with Gasteiger partial charge >= 0.3 is 6.18 Å². The molecule has 2 heterocycles. The van der Waals surface area contributed by atoms with Gasteiger partial charge in [-0.2, -0.15) is 13.2 Å². The van der Waals surface area contributed by atoms with Gasteiger partial charge in [-0.15, -0.1) is 5.10 Å². The largest absolute Gasteiger partial charge is 0.416 e. The lowest BCUT2D eigenvalue weighted by Gasteiger charge is -2.12. The van der Waals surface area contributed by atoms with Crippen molar-refractivity contribution >= 4 is 5.91 Å². The molecule has 0 aliphatic carbocycles. The first kappa shape index (κ1) is 16.4. The number of benzene rings is 1. The van der Waals surface area contributed by atoms with Gasteiger partial charge in [-0.05, 0) is 24.6 Å². The molecular formula is C15H16F3N5O. The molecule has 1 atom stereocenters. The Morgan fingerprint density at radius 3 is 2.88 bits per heavy atom. The fourth-order valence-corrected chi connectivity index (χ4v) is 2.63. The molecule has 1 amide bonds. The lowest BCUT2D eigenvalue weighted by Crippen LogP contribution is -2.36. The number of halogens is 3. The molecule has 1 aliphatic heterocycles. The van der Waals surface area contributed by atoms with Crippen LogP contribution in [-0.4, -0.2) is 40.0 Å². The molecule has 1 aromatic heterocycles. The van der Waals surface area contributed by atoms with Crippen LogP contribution in [0.25, 0.3) is 0 Å². The first-order valence-electron chi connectivity index (χ1n) is 7.50. The molecule has 6 nitrogen and oxygen atoms in total. The molecule has 0 spiro atoms. The van der Waals surface area contributed by atoms with Gasteiger partial charge in [0.1, 0.15) is 0 Å². The number of rotatable bonds is 4. The highest BCUT2D eigenvalue weighted by Gasteiger charge is 2.33. The average Bonchev–Trinajstić information content (AvgIpc) is 3.18. The smallest absolute Gasteiger partial charge is 0.347 e. The van der Waals surface area contributed by atoms with Crippen molar-refractivity contribution in [2.75, 3.05) is 13.1 Å². The molecular weight excluding hydrogens is 323 g/mol. The molecule has 128 valence electrons. The molecule has 9 heteroatoms. The van der Waals surface area contributed by atoms with Crippen LogP contribution in [-0.2, 0) is 12.7 Å². The highest BCUT2D eigenvalue weighted by Crippen LogP contribution is 2.32. The number of nitrogens with zero attached hydrogens (tertiary/aromatic N) is 3. The second kappa shape index (κ2) is 6.60. The van der Waals surface area contributed by atoms with Crippen molar-refractivity contribution in [1.29, 1.82) is 0 Å². The summed E-state index contributed by atoms with van der Waals surface area (Å²) in [5, 5.41) is 13.4. The molecule has 1 fully saturated rings. The summed E-state index contributed by atoms with van der Waals surface area (Å²) in [6.07, 6.45) is -2.25. The molecule has 24 heavy (non-hydrogen) atoms. The molecule has 0 unspecified atom stereocenters. The SMILES string of the molecule is O=C(N[C@H]1CCNC1)c1cn(Cc2ccccc2C(F)(F)F)nn1. The van der Waals surface area contributed by atoms with E-state index in [4.69, 9.17) is 0 Å². The summed E-state index contributed by atoms with van der Waals surface area (Å²) in [6.45, 7) is 1.42. The molecule has 2 aromatic rings.